The minimum absolute atomic E-state index is 0.0770. The summed E-state index contributed by atoms with van der Waals surface area (Å²) in [4.78, 5) is 35.5. The summed E-state index contributed by atoms with van der Waals surface area (Å²) >= 11 is 0. The van der Waals surface area contributed by atoms with Crippen LogP contribution in [-0.2, 0) is 4.79 Å². The number of aromatic nitrogens is 4. The maximum absolute atomic E-state index is 12.5. The summed E-state index contributed by atoms with van der Waals surface area (Å²) in [5.74, 6) is 0.627. The second-order valence-electron chi connectivity index (χ2n) is 6.87. The van der Waals surface area contributed by atoms with Crippen LogP contribution in [0.2, 0.25) is 0 Å². The number of hydrogen-bond donors (Lipinski definition) is 1. The monoisotopic (exact) mass is 366 g/mol. The highest BCUT2D eigenvalue weighted by Gasteiger charge is 2.25. The molecule has 1 aliphatic heterocycles. The molecule has 8 heteroatoms. The zero-order valence-corrected chi connectivity index (χ0v) is 15.4. The maximum atomic E-state index is 12.5. The van der Waals surface area contributed by atoms with Crippen LogP contribution >= 0.6 is 0 Å². The lowest BCUT2D eigenvalue weighted by Crippen LogP contribution is -2.45. The van der Waals surface area contributed by atoms with E-state index in [0.717, 1.165) is 31.6 Å². The molecule has 1 amide bonds. The molecular weight excluding hydrogens is 344 g/mol. The molecule has 0 aliphatic carbocycles. The Morgan fingerprint density at radius 2 is 1.93 bits per heavy atom. The average molecular weight is 366 g/mol. The van der Waals surface area contributed by atoms with Gasteiger partial charge in [0.25, 0.3) is 5.56 Å². The number of H-pyrrole nitrogens is 1. The highest BCUT2D eigenvalue weighted by atomic mass is 16.2. The molecule has 3 aromatic rings. The van der Waals surface area contributed by atoms with Gasteiger partial charge >= 0.3 is 0 Å². The van der Waals surface area contributed by atoms with E-state index in [4.69, 9.17) is 4.98 Å². The first-order chi connectivity index (χ1) is 13.0. The van der Waals surface area contributed by atoms with Gasteiger partial charge < -0.3 is 9.80 Å². The van der Waals surface area contributed by atoms with Crippen molar-refractivity contribution < 1.29 is 4.79 Å². The zero-order valence-electron chi connectivity index (χ0n) is 15.4. The molecule has 140 valence electrons. The molecule has 4 rings (SSSR count). The molecule has 3 heterocycles. The summed E-state index contributed by atoms with van der Waals surface area (Å²) in [7, 11) is 1.84. The number of carbonyl (C=O) groups excluding carboxylic acids is 1. The van der Waals surface area contributed by atoms with Crippen LogP contribution in [-0.4, -0.2) is 56.7 Å². The number of fused-ring (bicyclic) bond motifs is 1. The molecule has 1 aliphatic rings. The number of para-hydroxylation sites is 1. The smallest absolute Gasteiger partial charge is 0.263 e. The number of nitrogens with one attached hydrogen (secondary N) is 1. The van der Waals surface area contributed by atoms with Gasteiger partial charge in [0.1, 0.15) is 5.39 Å². The van der Waals surface area contributed by atoms with Crippen molar-refractivity contribution in [3.8, 4) is 5.69 Å². The summed E-state index contributed by atoms with van der Waals surface area (Å²) in [6.45, 7) is 3.05. The van der Waals surface area contributed by atoms with Crippen molar-refractivity contribution in [3.05, 3.63) is 46.9 Å². The molecule has 0 atom stereocenters. The molecule has 2 aromatic heterocycles. The lowest BCUT2D eigenvalue weighted by molar-refractivity contribution is -0.129. The van der Waals surface area contributed by atoms with Crippen LogP contribution in [0.25, 0.3) is 16.7 Å². The molecule has 0 spiro atoms. The van der Waals surface area contributed by atoms with E-state index in [1.54, 1.807) is 22.7 Å². The van der Waals surface area contributed by atoms with Crippen LogP contribution in [0.1, 0.15) is 19.8 Å². The Balaban J connectivity index is 1.64. The minimum Gasteiger partial charge on any atom is -0.343 e. The van der Waals surface area contributed by atoms with Crippen molar-refractivity contribution in [1.82, 2.24) is 24.6 Å². The fraction of sp³-hybridized carbons (Fsp3) is 0.368. The van der Waals surface area contributed by atoms with Gasteiger partial charge in [-0.15, -0.1) is 0 Å². The van der Waals surface area contributed by atoms with E-state index in [1.165, 1.54) is 0 Å². The Morgan fingerprint density at radius 3 is 2.59 bits per heavy atom. The summed E-state index contributed by atoms with van der Waals surface area (Å²) in [6.07, 6.45) is 3.23. The van der Waals surface area contributed by atoms with E-state index >= 15 is 0 Å². The highest BCUT2D eigenvalue weighted by Crippen LogP contribution is 2.21. The molecule has 1 saturated heterocycles. The molecular formula is C19H22N6O2. The molecule has 8 nitrogen and oxygen atoms in total. The Kier molecular flexibility index (Phi) is 4.39. The van der Waals surface area contributed by atoms with Crippen molar-refractivity contribution in [3.63, 3.8) is 0 Å². The van der Waals surface area contributed by atoms with Gasteiger partial charge in [-0.2, -0.15) is 10.1 Å². The van der Waals surface area contributed by atoms with Crippen molar-refractivity contribution in [2.24, 2.45) is 0 Å². The van der Waals surface area contributed by atoms with Gasteiger partial charge in [-0.05, 0) is 25.0 Å². The summed E-state index contributed by atoms with van der Waals surface area (Å²) in [5.41, 5.74) is 1.21. The Labute approximate surface area is 156 Å². The fourth-order valence-electron chi connectivity index (χ4n) is 3.54. The summed E-state index contributed by atoms with van der Waals surface area (Å²) < 4.78 is 1.68. The molecule has 1 aromatic carbocycles. The van der Waals surface area contributed by atoms with E-state index in [2.05, 4.69) is 15.0 Å². The number of nitrogens with zero attached hydrogens (tertiary/aromatic N) is 5. The van der Waals surface area contributed by atoms with Crippen molar-refractivity contribution in [2.45, 2.75) is 25.8 Å². The average Bonchev–Trinajstić information content (AvgIpc) is 3.13. The maximum Gasteiger partial charge on any atom is 0.263 e. The highest BCUT2D eigenvalue weighted by molar-refractivity contribution is 5.76. The number of aromatic amines is 1. The van der Waals surface area contributed by atoms with Crippen molar-refractivity contribution in [2.75, 3.05) is 25.0 Å². The van der Waals surface area contributed by atoms with Gasteiger partial charge in [0.2, 0.25) is 11.9 Å². The summed E-state index contributed by atoms with van der Waals surface area (Å²) in [5, 5.41) is 4.81. The third kappa shape index (κ3) is 3.18. The molecule has 0 radical (unpaired) electrons. The van der Waals surface area contributed by atoms with E-state index in [1.807, 2.05) is 37.4 Å². The van der Waals surface area contributed by atoms with Gasteiger partial charge in [0, 0.05) is 33.1 Å². The van der Waals surface area contributed by atoms with Crippen molar-refractivity contribution in [1.29, 1.82) is 0 Å². The van der Waals surface area contributed by atoms with Gasteiger partial charge in [0.05, 0.1) is 11.9 Å². The number of piperidine rings is 1. The van der Waals surface area contributed by atoms with E-state index in [-0.39, 0.29) is 17.5 Å². The molecule has 27 heavy (non-hydrogen) atoms. The predicted octanol–water partition coefficient (Wildman–Crippen LogP) is 1.56. The van der Waals surface area contributed by atoms with Gasteiger partial charge in [-0.3, -0.25) is 14.6 Å². The number of hydrogen-bond acceptors (Lipinski definition) is 5. The van der Waals surface area contributed by atoms with Crippen LogP contribution in [0.4, 0.5) is 5.95 Å². The van der Waals surface area contributed by atoms with Crippen LogP contribution < -0.4 is 10.5 Å². The first-order valence-electron chi connectivity index (χ1n) is 9.06. The topological polar surface area (TPSA) is 87.1 Å². The largest absolute Gasteiger partial charge is 0.343 e. The normalized spacial score (nSPS) is 15.3. The quantitative estimate of drug-likeness (QED) is 0.760. The molecule has 1 fully saturated rings. The van der Waals surface area contributed by atoms with E-state index < -0.39 is 0 Å². The Morgan fingerprint density at radius 1 is 1.22 bits per heavy atom. The van der Waals surface area contributed by atoms with Crippen LogP contribution in [0.3, 0.4) is 0 Å². The molecule has 0 saturated carbocycles. The minimum atomic E-state index is -0.194. The molecule has 0 bridgehead atoms. The molecule has 0 unspecified atom stereocenters. The second-order valence-corrected chi connectivity index (χ2v) is 6.87. The van der Waals surface area contributed by atoms with Gasteiger partial charge in [-0.25, -0.2) is 4.68 Å². The van der Waals surface area contributed by atoms with Gasteiger partial charge in [-0.1, -0.05) is 18.2 Å². The molecule has 1 N–H and O–H groups in total. The van der Waals surface area contributed by atoms with Gasteiger partial charge in [0.15, 0.2) is 5.65 Å². The Hall–Kier alpha value is -3.16. The SMILES string of the molecule is CC(=O)N(C)C1CCN(c2nc3c(cnn3-c3ccccc3)c(=O)[nH]2)CC1. The first-order valence-corrected chi connectivity index (χ1v) is 9.06. The standard InChI is InChI=1S/C19H22N6O2/c1-13(26)23(2)14-8-10-24(11-9-14)19-21-17-16(18(27)22-19)12-20-25(17)15-6-4-3-5-7-15/h3-7,12,14H,8-11H2,1-2H3,(H,21,22,27). The third-order valence-electron chi connectivity index (χ3n) is 5.23. The van der Waals surface area contributed by atoms with E-state index in [9.17, 15) is 9.59 Å². The van der Waals surface area contributed by atoms with Crippen LogP contribution in [0.15, 0.2) is 41.3 Å². The number of benzene rings is 1. The number of carbonyl (C=O) groups is 1. The van der Waals surface area contributed by atoms with Crippen molar-refractivity contribution >= 4 is 22.9 Å². The lowest BCUT2D eigenvalue weighted by Gasteiger charge is -2.36. The first kappa shape index (κ1) is 17.3. The second kappa shape index (κ2) is 6.86. The Bertz CT molecular complexity index is 1020. The summed E-state index contributed by atoms with van der Waals surface area (Å²) in [6, 6.07) is 9.86. The fourth-order valence-corrected chi connectivity index (χ4v) is 3.54. The third-order valence-corrected chi connectivity index (χ3v) is 5.23. The number of anilines is 1. The zero-order chi connectivity index (χ0) is 19.0. The lowest BCUT2D eigenvalue weighted by atomic mass is 10.0. The number of amides is 1. The van der Waals surface area contributed by atoms with Crippen LogP contribution in [0.5, 0.6) is 0 Å². The van der Waals surface area contributed by atoms with Crippen LogP contribution in [0, 0.1) is 0 Å². The predicted molar refractivity (Wildman–Crippen MR) is 103 cm³/mol. The number of rotatable bonds is 3. The van der Waals surface area contributed by atoms with E-state index in [0.29, 0.717) is 17.0 Å².